The van der Waals surface area contributed by atoms with Gasteiger partial charge in [-0.15, -0.1) is 0 Å². The molecule has 0 aromatic heterocycles. The minimum atomic E-state index is 0.690. The first-order valence-electron chi connectivity index (χ1n) is 7.02. The van der Waals surface area contributed by atoms with E-state index in [4.69, 9.17) is 14.2 Å². The summed E-state index contributed by atoms with van der Waals surface area (Å²) in [4.78, 5) is 0. The largest absolute Gasteiger partial charge is 0.495 e. The van der Waals surface area contributed by atoms with Crippen molar-refractivity contribution in [1.29, 1.82) is 0 Å². The van der Waals surface area contributed by atoms with Crippen LogP contribution in [0.1, 0.15) is 11.1 Å². The first-order chi connectivity index (χ1) is 11.1. The Labute approximate surface area is 153 Å². The molecule has 0 spiro atoms. The fraction of sp³-hybridized carbons (Fsp3) is 0.294. The van der Waals surface area contributed by atoms with Crippen molar-refractivity contribution in [2.75, 3.05) is 21.3 Å². The SMILES string of the molecule is COc1ccc(CNCc2cc(Br)cc(Br)c2OC)cc1OC. The molecule has 0 aliphatic carbocycles. The maximum atomic E-state index is 5.46. The predicted octanol–water partition coefficient (Wildman–Crippen LogP) is 4.53. The van der Waals surface area contributed by atoms with Crippen molar-refractivity contribution in [3.05, 3.63) is 50.4 Å². The van der Waals surface area contributed by atoms with Crippen molar-refractivity contribution >= 4 is 31.9 Å². The fourth-order valence-corrected chi connectivity index (χ4v) is 3.78. The van der Waals surface area contributed by atoms with Crippen molar-refractivity contribution in [2.24, 2.45) is 0 Å². The number of methoxy groups -OCH3 is 3. The topological polar surface area (TPSA) is 39.7 Å². The van der Waals surface area contributed by atoms with Crippen LogP contribution in [0.15, 0.2) is 39.3 Å². The zero-order valence-electron chi connectivity index (χ0n) is 13.3. The first kappa shape index (κ1) is 18.1. The molecular weight excluding hydrogens is 426 g/mol. The summed E-state index contributed by atoms with van der Waals surface area (Å²) in [5.41, 5.74) is 2.20. The van der Waals surface area contributed by atoms with Crippen LogP contribution in [-0.2, 0) is 13.1 Å². The second kappa shape index (κ2) is 8.57. The van der Waals surface area contributed by atoms with Gasteiger partial charge in [0, 0.05) is 23.1 Å². The average molecular weight is 445 g/mol. The van der Waals surface area contributed by atoms with E-state index in [2.05, 4.69) is 37.2 Å². The van der Waals surface area contributed by atoms with Gasteiger partial charge in [0.2, 0.25) is 0 Å². The van der Waals surface area contributed by atoms with Crippen molar-refractivity contribution in [3.8, 4) is 17.2 Å². The van der Waals surface area contributed by atoms with Gasteiger partial charge in [-0.25, -0.2) is 0 Å². The summed E-state index contributed by atoms with van der Waals surface area (Å²) in [7, 11) is 4.94. The zero-order valence-corrected chi connectivity index (χ0v) is 16.5. The van der Waals surface area contributed by atoms with E-state index in [0.29, 0.717) is 13.1 Å². The minimum Gasteiger partial charge on any atom is -0.495 e. The van der Waals surface area contributed by atoms with E-state index < -0.39 is 0 Å². The van der Waals surface area contributed by atoms with Gasteiger partial charge < -0.3 is 19.5 Å². The Balaban J connectivity index is 2.05. The summed E-state index contributed by atoms with van der Waals surface area (Å²) in [6.45, 7) is 1.41. The highest BCUT2D eigenvalue weighted by atomic mass is 79.9. The molecule has 0 fully saturated rings. The summed E-state index contributed by atoms with van der Waals surface area (Å²) in [6, 6.07) is 9.91. The Kier molecular flexibility index (Phi) is 6.74. The molecular formula is C17H19Br2NO3. The normalized spacial score (nSPS) is 10.5. The summed E-state index contributed by atoms with van der Waals surface area (Å²) in [5.74, 6) is 2.30. The lowest BCUT2D eigenvalue weighted by atomic mass is 10.1. The lowest BCUT2D eigenvalue weighted by Crippen LogP contribution is -2.13. The molecule has 0 bridgehead atoms. The number of nitrogens with one attached hydrogen (secondary N) is 1. The molecule has 4 nitrogen and oxygen atoms in total. The van der Waals surface area contributed by atoms with E-state index >= 15 is 0 Å². The molecule has 0 radical (unpaired) electrons. The first-order valence-corrected chi connectivity index (χ1v) is 8.61. The van der Waals surface area contributed by atoms with Crippen LogP contribution in [-0.4, -0.2) is 21.3 Å². The van der Waals surface area contributed by atoms with Crippen LogP contribution in [0.5, 0.6) is 17.2 Å². The number of hydrogen-bond acceptors (Lipinski definition) is 4. The highest BCUT2D eigenvalue weighted by molar-refractivity contribution is 9.11. The Morgan fingerprint density at radius 1 is 0.870 bits per heavy atom. The molecule has 0 saturated carbocycles. The van der Waals surface area contributed by atoms with E-state index in [-0.39, 0.29) is 0 Å². The Hall–Kier alpha value is -1.24. The van der Waals surface area contributed by atoms with Gasteiger partial charge in [0.1, 0.15) is 5.75 Å². The van der Waals surface area contributed by atoms with E-state index in [1.807, 2.05) is 30.3 Å². The maximum Gasteiger partial charge on any atom is 0.161 e. The minimum absolute atomic E-state index is 0.690. The Bertz CT molecular complexity index is 677. The zero-order chi connectivity index (χ0) is 16.8. The van der Waals surface area contributed by atoms with E-state index in [0.717, 1.165) is 37.3 Å². The summed E-state index contributed by atoms with van der Waals surface area (Å²) >= 11 is 7.02. The third-order valence-electron chi connectivity index (χ3n) is 3.38. The highest BCUT2D eigenvalue weighted by Crippen LogP contribution is 2.32. The summed E-state index contributed by atoms with van der Waals surface area (Å²) in [5, 5.41) is 3.42. The predicted molar refractivity (Wildman–Crippen MR) is 98.5 cm³/mol. The average Bonchev–Trinajstić information content (AvgIpc) is 2.54. The number of benzene rings is 2. The Morgan fingerprint density at radius 3 is 2.26 bits per heavy atom. The van der Waals surface area contributed by atoms with Crippen molar-refractivity contribution < 1.29 is 14.2 Å². The number of ether oxygens (including phenoxy) is 3. The van der Waals surface area contributed by atoms with Crippen molar-refractivity contribution in [2.45, 2.75) is 13.1 Å². The third kappa shape index (κ3) is 4.62. The lowest BCUT2D eigenvalue weighted by Gasteiger charge is -2.13. The van der Waals surface area contributed by atoms with Crippen LogP contribution in [0.2, 0.25) is 0 Å². The molecule has 0 saturated heterocycles. The smallest absolute Gasteiger partial charge is 0.161 e. The molecule has 0 aliphatic rings. The summed E-state index contributed by atoms with van der Waals surface area (Å²) < 4.78 is 18.0. The maximum absolute atomic E-state index is 5.46. The molecule has 0 heterocycles. The monoisotopic (exact) mass is 443 g/mol. The number of rotatable bonds is 7. The molecule has 2 aromatic carbocycles. The third-order valence-corrected chi connectivity index (χ3v) is 4.43. The molecule has 2 aromatic rings. The van der Waals surface area contributed by atoms with Gasteiger partial charge in [-0.2, -0.15) is 0 Å². The van der Waals surface area contributed by atoms with Gasteiger partial charge in [0.15, 0.2) is 11.5 Å². The van der Waals surface area contributed by atoms with Crippen LogP contribution in [0.3, 0.4) is 0 Å². The Morgan fingerprint density at radius 2 is 1.61 bits per heavy atom. The number of hydrogen-bond donors (Lipinski definition) is 1. The second-order valence-electron chi connectivity index (χ2n) is 4.87. The highest BCUT2D eigenvalue weighted by Gasteiger charge is 2.09. The van der Waals surface area contributed by atoms with E-state index in [1.165, 1.54) is 0 Å². The fourth-order valence-electron chi connectivity index (χ4n) is 2.31. The molecule has 0 atom stereocenters. The van der Waals surface area contributed by atoms with Gasteiger partial charge in [-0.3, -0.25) is 0 Å². The standard InChI is InChI=1S/C17H19Br2NO3/c1-21-15-5-4-11(6-16(15)22-2)9-20-10-12-7-13(18)8-14(19)17(12)23-3/h4-8,20H,9-10H2,1-3H3. The molecule has 124 valence electrons. The molecule has 0 unspecified atom stereocenters. The van der Waals surface area contributed by atoms with Crippen LogP contribution in [0, 0.1) is 0 Å². The van der Waals surface area contributed by atoms with Gasteiger partial charge in [0.05, 0.1) is 25.8 Å². The molecule has 2 rings (SSSR count). The molecule has 1 N–H and O–H groups in total. The summed E-state index contributed by atoms with van der Waals surface area (Å²) in [6.07, 6.45) is 0. The van der Waals surface area contributed by atoms with Crippen molar-refractivity contribution in [3.63, 3.8) is 0 Å². The van der Waals surface area contributed by atoms with Crippen LogP contribution < -0.4 is 19.5 Å². The van der Waals surface area contributed by atoms with E-state index in [1.54, 1.807) is 21.3 Å². The van der Waals surface area contributed by atoms with Crippen LogP contribution in [0.4, 0.5) is 0 Å². The van der Waals surface area contributed by atoms with Crippen LogP contribution >= 0.6 is 31.9 Å². The molecule has 0 amide bonds. The van der Waals surface area contributed by atoms with Gasteiger partial charge in [0.25, 0.3) is 0 Å². The van der Waals surface area contributed by atoms with Gasteiger partial charge in [-0.05, 0) is 45.8 Å². The van der Waals surface area contributed by atoms with Gasteiger partial charge in [-0.1, -0.05) is 22.0 Å². The van der Waals surface area contributed by atoms with Crippen LogP contribution in [0.25, 0.3) is 0 Å². The van der Waals surface area contributed by atoms with Crippen molar-refractivity contribution in [1.82, 2.24) is 5.32 Å². The number of halogens is 2. The molecule has 6 heteroatoms. The lowest BCUT2D eigenvalue weighted by molar-refractivity contribution is 0.354. The second-order valence-corrected chi connectivity index (χ2v) is 6.64. The quantitative estimate of drug-likeness (QED) is 0.681. The van der Waals surface area contributed by atoms with Gasteiger partial charge >= 0.3 is 0 Å². The molecule has 0 aliphatic heterocycles. The van der Waals surface area contributed by atoms with E-state index in [9.17, 15) is 0 Å². The molecule has 23 heavy (non-hydrogen) atoms.